The molecule has 3 aromatic heterocycles. The Morgan fingerprint density at radius 3 is 2.73 bits per heavy atom. The van der Waals surface area contributed by atoms with Crippen LogP contribution in [0.5, 0.6) is 0 Å². The summed E-state index contributed by atoms with van der Waals surface area (Å²) in [6.45, 7) is 0. The predicted octanol–water partition coefficient (Wildman–Crippen LogP) is -0.0164. The molecule has 1 atom stereocenters. The third-order valence-corrected chi connectivity index (χ3v) is 3.90. The molecule has 2 amide bonds. The van der Waals surface area contributed by atoms with Crippen molar-refractivity contribution in [1.29, 1.82) is 0 Å². The average Bonchev–Trinajstić information content (AvgIpc) is 3.32. The average molecular weight is 372 g/mol. The Labute approximate surface area is 150 Å². The van der Waals surface area contributed by atoms with Gasteiger partial charge in [0, 0.05) is 12.6 Å². The zero-order valence-electron chi connectivity index (χ0n) is 13.2. The van der Waals surface area contributed by atoms with Gasteiger partial charge in [-0.3, -0.25) is 19.4 Å². The van der Waals surface area contributed by atoms with Crippen molar-refractivity contribution in [2.75, 3.05) is 0 Å². The van der Waals surface area contributed by atoms with Crippen LogP contribution in [0, 0.1) is 0 Å². The summed E-state index contributed by atoms with van der Waals surface area (Å²) in [6.07, 6.45) is 3.98. The van der Waals surface area contributed by atoms with Gasteiger partial charge in [0.2, 0.25) is 5.78 Å². The second-order valence-electron chi connectivity index (χ2n) is 5.11. The van der Waals surface area contributed by atoms with Gasteiger partial charge in [-0.2, -0.15) is 8.75 Å². The van der Waals surface area contributed by atoms with Crippen LogP contribution in [-0.4, -0.2) is 42.4 Å². The highest BCUT2D eigenvalue weighted by atomic mass is 32.1. The lowest BCUT2D eigenvalue weighted by Gasteiger charge is -2.14. The topological polar surface area (TPSA) is 154 Å². The quantitative estimate of drug-likeness (QED) is 0.549. The molecule has 3 N–H and O–H groups in total. The molecule has 0 aromatic carbocycles. The van der Waals surface area contributed by atoms with E-state index < -0.39 is 23.6 Å². The molecule has 26 heavy (non-hydrogen) atoms. The number of Topliss-reactive ketones (excluding diaryl/α,β-unsaturated/α-hetero) is 1. The van der Waals surface area contributed by atoms with Gasteiger partial charge in [0.15, 0.2) is 12.1 Å². The predicted molar refractivity (Wildman–Crippen MR) is 88.8 cm³/mol. The van der Waals surface area contributed by atoms with Crippen molar-refractivity contribution < 1.29 is 18.8 Å². The monoisotopic (exact) mass is 372 g/mol. The summed E-state index contributed by atoms with van der Waals surface area (Å²) in [7, 11) is 0. The first-order valence-electron chi connectivity index (χ1n) is 7.31. The molecule has 10 nitrogen and oxygen atoms in total. The minimum Gasteiger partial charge on any atom is -0.451 e. The molecule has 1 unspecified atom stereocenters. The van der Waals surface area contributed by atoms with E-state index in [1.807, 2.05) is 0 Å². The van der Waals surface area contributed by atoms with Crippen LogP contribution in [0.3, 0.4) is 0 Å². The highest BCUT2D eigenvalue weighted by molar-refractivity contribution is 6.99. The highest BCUT2D eigenvalue weighted by Gasteiger charge is 2.29. The van der Waals surface area contributed by atoms with Crippen LogP contribution in [0.2, 0.25) is 0 Å². The second kappa shape index (κ2) is 7.61. The minimum absolute atomic E-state index is 0.00359. The lowest BCUT2D eigenvalue weighted by molar-refractivity contribution is -0.137. The van der Waals surface area contributed by atoms with Crippen LogP contribution in [0.25, 0.3) is 11.4 Å². The van der Waals surface area contributed by atoms with Crippen LogP contribution < -0.4 is 11.1 Å². The molecule has 0 aliphatic carbocycles. The fourth-order valence-corrected chi connectivity index (χ4v) is 2.72. The fourth-order valence-electron chi connectivity index (χ4n) is 2.16. The first-order valence-corrected chi connectivity index (χ1v) is 8.05. The van der Waals surface area contributed by atoms with E-state index in [4.69, 9.17) is 10.2 Å². The largest absolute Gasteiger partial charge is 0.451 e. The normalized spacial score (nSPS) is 11.7. The Morgan fingerprint density at radius 1 is 1.23 bits per heavy atom. The van der Waals surface area contributed by atoms with Gasteiger partial charge >= 0.3 is 0 Å². The number of pyridine rings is 1. The Morgan fingerprint density at radius 2 is 2.08 bits per heavy atom. The van der Waals surface area contributed by atoms with E-state index in [0.717, 1.165) is 11.7 Å². The Balaban J connectivity index is 1.83. The van der Waals surface area contributed by atoms with E-state index in [1.165, 1.54) is 12.7 Å². The zero-order valence-corrected chi connectivity index (χ0v) is 14.0. The van der Waals surface area contributed by atoms with Crippen molar-refractivity contribution in [2.24, 2.45) is 5.73 Å². The van der Waals surface area contributed by atoms with Crippen molar-refractivity contribution in [3.63, 3.8) is 0 Å². The van der Waals surface area contributed by atoms with Crippen molar-refractivity contribution in [3.8, 4) is 11.4 Å². The number of primary amides is 1. The van der Waals surface area contributed by atoms with Gasteiger partial charge in [-0.05, 0) is 12.1 Å². The van der Waals surface area contributed by atoms with Crippen LogP contribution in [0.4, 0.5) is 0 Å². The SMILES string of the molecule is NC(=O)C(=O)C(Cc1cocn1)NC(=O)c1nsnc1-c1ccccn1. The molecule has 0 bridgehead atoms. The van der Waals surface area contributed by atoms with Gasteiger partial charge in [0.1, 0.15) is 18.0 Å². The number of hydrogen-bond donors (Lipinski definition) is 2. The molecule has 0 saturated carbocycles. The van der Waals surface area contributed by atoms with Gasteiger partial charge in [0.05, 0.1) is 23.1 Å². The molecule has 132 valence electrons. The van der Waals surface area contributed by atoms with Gasteiger partial charge in [0.25, 0.3) is 11.8 Å². The van der Waals surface area contributed by atoms with Crippen LogP contribution >= 0.6 is 11.7 Å². The summed E-state index contributed by atoms with van der Waals surface area (Å²) in [4.78, 5) is 43.9. The van der Waals surface area contributed by atoms with Gasteiger partial charge < -0.3 is 15.5 Å². The molecule has 0 spiro atoms. The molecule has 0 aliphatic rings. The number of rotatable bonds is 7. The maximum Gasteiger partial charge on any atom is 0.287 e. The summed E-state index contributed by atoms with van der Waals surface area (Å²) in [6, 6.07) is 3.94. The van der Waals surface area contributed by atoms with Crippen molar-refractivity contribution in [1.82, 2.24) is 24.0 Å². The van der Waals surface area contributed by atoms with E-state index in [9.17, 15) is 14.4 Å². The molecular formula is C15H12N6O4S. The van der Waals surface area contributed by atoms with Crippen molar-refractivity contribution in [3.05, 3.63) is 48.4 Å². The number of hydrogen-bond acceptors (Lipinski definition) is 9. The number of ketones is 1. The molecule has 3 rings (SSSR count). The summed E-state index contributed by atoms with van der Waals surface area (Å²) in [5, 5.41) is 2.45. The molecule has 0 aliphatic heterocycles. The molecule has 3 aromatic rings. The van der Waals surface area contributed by atoms with Crippen LogP contribution in [0.1, 0.15) is 16.2 Å². The number of amides is 2. The number of carbonyl (C=O) groups is 3. The number of oxazole rings is 1. The lowest BCUT2D eigenvalue weighted by atomic mass is 10.1. The Hall–Kier alpha value is -3.47. The first kappa shape index (κ1) is 17.4. The molecule has 11 heteroatoms. The molecular weight excluding hydrogens is 360 g/mol. The molecule has 3 heterocycles. The van der Waals surface area contributed by atoms with E-state index >= 15 is 0 Å². The van der Waals surface area contributed by atoms with E-state index in [-0.39, 0.29) is 17.8 Å². The zero-order chi connectivity index (χ0) is 18.5. The Bertz CT molecular complexity index is 925. The molecule has 0 saturated heterocycles. The van der Waals surface area contributed by atoms with Gasteiger partial charge in [-0.1, -0.05) is 6.07 Å². The number of aromatic nitrogens is 4. The maximum atomic E-state index is 12.6. The van der Waals surface area contributed by atoms with E-state index in [0.29, 0.717) is 11.4 Å². The minimum atomic E-state index is -1.21. The van der Waals surface area contributed by atoms with E-state index in [1.54, 1.807) is 24.4 Å². The maximum absolute atomic E-state index is 12.6. The fraction of sp³-hybridized carbons (Fsp3) is 0.133. The van der Waals surface area contributed by atoms with Gasteiger partial charge in [-0.25, -0.2) is 4.98 Å². The summed E-state index contributed by atoms with van der Waals surface area (Å²) in [5.74, 6) is -2.80. The van der Waals surface area contributed by atoms with Crippen molar-refractivity contribution >= 4 is 29.3 Å². The summed E-state index contributed by atoms with van der Waals surface area (Å²) < 4.78 is 12.9. The third-order valence-electron chi connectivity index (χ3n) is 3.37. The number of nitrogens with two attached hydrogens (primary N) is 1. The lowest BCUT2D eigenvalue weighted by Crippen LogP contribution is -2.47. The van der Waals surface area contributed by atoms with E-state index in [2.05, 4.69) is 24.0 Å². The number of nitrogens with zero attached hydrogens (tertiary/aromatic N) is 4. The number of carbonyl (C=O) groups excluding carboxylic acids is 3. The van der Waals surface area contributed by atoms with Crippen molar-refractivity contribution in [2.45, 2.75) is 12.5 Å². The van der Waals surface area contributed by atoms with Gasteiger partial charge in [-0.15, -0.1) is 0 Å². The van der Waals surface area contributed by atoms with Crippen LogP contribution in [-0.2, 0) is 16.0 Å². The smallest absolute Gasteiger partial charge is 0.287 e. The number of nitrogens with one attached hydrogen (secondary N) is 1. The summed E-state index contributed by atoms with van der Waals surface area (Å²) >= 11 is 0.832. The highest BCUT2D eigenvalue weighted by Crippen LogP contribution is 2.19. The summed E-state index contributed by atoms with van der Waals surface area (Å²) in [5.41, 5.74) is 6.18. The third kappa shape index (κ3) is 3.78. The molecule has 0 fully saturated rings. The standard InChI is InChI=1S/C15H12N6O4S/c16-14(23)13(22)10(5-8-6-25-7-18-8)19-15(24)12-11(20-26-21-12)9-3-1-2-4-17-9/h1-4,6-7,10H,5H2,(H2,16,23)(H,19,24). The van der Waals surface area contributed by atoms with Crippen LogP contribution in [0.15, 0.2) is 41.5 Å². The second-order valence-corrected chi connectivity index (χ2v) is 5.64. The molecule has 0 radical (unpaired) electrons. The first-order chi connectivity index (χ1) is 12.6. The Kier molecular flexibility index (Phi) is 5.08.